The lowest BCUT2D eigenvalue weighted by Gasteiger charge is -2.08. The van der Waals surface area contributed by atoms with Gasteiger partial charge in [0.15, 0.2) is 0 Å². The average Bonchev–Trinajstić information content (AvgIpc) is 3.09. The first-order valence-corrected chi connectivity index (χ1v) is 8.29. The monoisotopic (exact) mass is 343 g/mol. The minimum Gasteiger partial charge on any atom is -0.323 e. The molecule has 0 bridgehead atoms. The zero-order valence-electron chi connectivity index (χ0n) is 14.3. The van der Waals surface area contributed by atoms with Gasteiger partial charge in [0.2, 0.25) is 11.9 Å². The number of nitrogens with zero attached hydrogens (tertiary/aromatic N) is 4. The lowest BCUT2D eigenvalue weighted by molar-refractivity contribution is -0.115. The molecule has 0 aliphatic carbocycles. The third-order valence-electron chi connectivity index (χ3n) is 4.19. The SMILES string of the molecule is Cc1nccn1-c1ncc(NC(=O)Cc2cccc3ccccc23)cn1. The Bertz CT molecular complexity index is 1060. The zero-order chi connectivity index (χ0) is 17.9. The fraction of sp³-hybridized carbons (Fsp3) is 0.100. The smallest absolute Gasteiger partial charge is 0.235 e. The lowest BCUT2D eigenvalue weighted by Crippen LogP contribution is -2.15. The zero-order valence-corrected chi connectivity index (χ0v) is 14.3. The van der Waals surface area contributed by atoms with E-state index < -0.39 is 0 Å². The third-order valence-corrected chi connectivity index (χ3v) is 4.19. The Morgan fingerprint density at radius 1 is 1.04 bits per heavy atom. The van der Waals surface area contributed by atoms with Gasteiger partial charge < -0.3 is 5.32 Å². The Hall–Kier alpha value is -3.54. The van der Waals surface area contributed by atoms with Gasteiger partial charge >= 0.3 is 0 Å². The van der Waals surface area contributed by atoms with E-state index >= 15 is 0 Å². The highest BCUT2D eigenvalue weighted by molar-refractivity contribution is 5.96. The van der Waals surface area contributed by atoms with Crippen molar-refractivity contribution in [1.29, 1.82) is 0 Å². The van der Waals surface area contributed by atoms with Crippen molar-refractivity contribution in [2.24, 2.45) is 0 Å². The lowest BCUT2D eigenvalue weighted by atomic mass is 10.0. The number of benzene rings is 2. The van der Waals surface area contributed by atoms with Crippen LogP contribution in [0.25, 0.3) is 16.7 Å². The summed E-state index contributed by atoms with van der Waals surface area (Å²) >= 11 is 0. The largest absolute Gasteiger partial charge is 0.323 e. The normalized spacial score (nSPS) is 10.8. The van der Waals surface area contributed by atoms with E-state index in [4.69, 9.17) is 0 Å². The second-order valence-corrected chi connectivity index (χ2v) is 5.98. The predicted molar refractivity (Wildman–Crippen MR) is 100 cm³/mol. The number of nitrogens with one attached hydrogen (secondary N) is 1. The number of rotatable bonds is 4. The van der Waals surface area contributed by atoms with Crippen molar-refractivity contribution >= 4 is 22.4 Å². The fourth-order valence-electron chi connectivity index (χ4n) is 2.92. The van der Waals surface area contributed by atoms with Crippen LogP contribution in [0.15, 0.2) is 67.3 Å². The van der Waals surface area contributed by atoms with Crippen molar-refractivity contribution in [2.75, 3.05) is 5.32 Å². The van der Waals surface area contributed by atoms with Gasteiger partial charge in [0.1, 0.15) is 5.82 Å². The molecule has 0 aliphatic heterocycles. The molecule has 4 rings (SSSR count). The van der Waals surface area contributed by atoms with Crippen LogP contribution in [0.1, 0.15) is 11.4 Å². The number of carbonyl (C=O) groups excluding carboxylic acids is 1. The van der Waals surface area contributed by atoms with Gasteiger partial charge in [-0.25, -0.2) is 15.0 Å². The maximum Gasteiger partial charge on any atom is 0.235 e. The van der Waals surface area contributed by atoms with E-state index in [1.54, 1.807) is 29.4 Å². The van der Waals surface area contributed by atoms with Crippen molar-refractivity contribution in [3.63, 3.8) is 0 Å². The quantitative estimate of drug-likeness (QED) is 0.617. The number of aryl methyl sites for hydroxylation is 1. The van der Waals surface area contributed by atoms with Crippen molar-refractivity contribution in [3.05, 3.63) is 78.6 Å². The molecule has 6 nitrogen and oxygen atoms in total. The van der Waals surface area contributed by atoms with Crippen molar-refractivity contribution in [2.45, 2.75) is 13.3 Å². The Morgan fingerprint density at radius 3 is 2.58 bits per heavy atom. The second-order valence-electron chi connectivity index (χ2n) is 5.98. The molecule has 1 N–H and O–H groups in total. The van der Waals surface area contributed by atoms with Crippen molar-refractivity contribution < 1.29 is 4.79 Å². The summed E-state index contributed by atoms with van der Waals surface area (Å²) in [6.45, 7) is 1.88. The third kappa shape index (κ3) is 3.17. The number of imidazole rings is 1. The van der Waals surface area contributed by atoms with Crippen molar-refractivity contribution in [1.82, 2.24) is 19.5 Å². The number of carbonyl (C=O) groups is 1. The van der Waals surface area contributed by atoms with Crippen LogP contribution in [0.5, 0.6) is 0 Å². The molecule has 4 aromatic rings. The summed E-state index contributed by atoms with van der Waals surface area (Å²) in [6, 6.07) is 14.0. The Morgan fingerprint density at radius 2 is 1.81 bits per heavy atom. The van der Waals surface area contributed by atoms with E-state index in [9.17, 15) is 4.79 Å². The van der Waals surface area contributed by atoms with Crippen LogP contribution in [0.4, 0.5) is 5.69 Å². The summed E-state index contributed by atoms with van der Waals surface area (Å²) in [5, 5.41) is 5.07. The standard InChI is InChI=1S/C20H17N5O/c1-14-21-9-10-25(14)20-22-12-17(13-23-20)24-19(26)11-16-7-4-6-15-5-2-3-8-18(15)16/h2-10,12-13H,11H2,1H3,(H,24,26). The van der Waals surface area contributed by atoms with Gasteiger partial charge in [-0.3, -0.25) is 9.36 Å². The van der Waals surface area contributed by atoms with E-state index in [2.05, 4.69) is 20.3 Å². The summed E-state index contributed by atoms with van der Waals surface area (Å²) in [5.74, 6) is 1.22. The fourth-order valence-corrected chi connectivity index (χ4v) is 2.92. The second kappa shape index (κ2) is 6.76. The number of hydrogen-bond acceptors (Lipinski definition) is 4. The molecule has 6 heteroatoms. The van der Waals surface area contributed by atoms with Gasteiger partial charge in [0.05, 0.1) is 24.5 Å². The van der Waals surface area contributed by atoms with Crippen LogP contribution in [-0.2, 0) is 11.2 Å². The molecule has 2 aromatic heterocycles. The highest BCUT2D eigenvalue weighted by atomic mass is 16.1. The molecule has 2 heterocycles. The van der Waals surface area contributed by atoms with Crippen LogP contribution >= 0.6 is 0 Å². The Balaban J connectivity index is 1.49. The molecule has 26 heavy (non-hydrogen) atoms. The van der Waals surface area contributed by atoms with E-state index in [1.165, 1.54) is 0 Å². The van der Waals surface area contributed by atoms with Gasteiger partial charge in [0.25, 0.3) is 0 Å². The van der Waals surface area contributed by atoms with Gasteiger partial charge in [0, 0.05) is 12.4 Å². The summed E-state index contributed by atoms with van der Waals surface area (Å²) in [5.41, 5.74) is 1.56. The van der Waals surface area contributed by atoms with E-state index in [0.717, 1.165) is 22.2 Å². The molecule has 0 unspecified atom stereocenters. The van der Waals surface area contributed by atoms with Gasteiger partial charge in [-0.2, -0.15) is 0 Å². The van der Waals surface area contributed by atoms with Gasteiger partial charge in [-0.1, -0.05) is 42.5 Å². The minimum atomic E-state index is -0.100. The summed E-state index contributed by atoms with van der Waals surface area (Å²) < 4.78 is 1.78. The Labute approximate surface area is 150 Å². The highest BCUT2D eigenvalue weighted by Gasteiger charge is 2.09. The summed E-state index contributed by atoms with van der Waals surface area (Å²) in [6.07, 6.45) is 6.98. The Kier molecular flexibility index (Phi) is 4.15. The van der Waals surface area contributed by atoms with E-state index in [1.807, 2.05) is 49.4 Å². The first-order valence-electron chi connectivity index (χ1n) is 8.29. The first kappa shape index (κ1) is 16.0. The number of fused-ring (bicyclic) bond motifs is 1. The highest BCUT2D eigenvalue weighted by Crippen LogP contribution is 2.19. The average molecular weight is 343 g/mol. The maximum absolute atomic E-state index is 12.4. The molecular weight excluding hydrogens is 326 g/mol. The van der Waals surface area contributed by atoms with Crippen LogP contribution in [0, 0.1) is 6.92 Å². The minimum absolute atomic E-state index is 0.100. The molecule has 0 aliphatic rings. The maximum atomic E-state index is 12.4. The molecule has 0 spiro atoms. The molecule has 0 saturated heterocycles. The van der Waals surface area contributed by atoms with E-state index in [-0.39, 0.29) is 5.91 Å². The summed E-state index contributed by atoms with van der Waals surface area (Å²) in [4.78, 5) is 25.1. The van der Waals surface area contributed by atoms with Gasteiger partial charge in [-0.15, -0.1) is 0 Å². The van der Waals surface area contributed by atoms with Crippen LogP contribution < -0.4 is 5.32 Å². The predicted octanol–water partition coefficient (Wildman–Crippen LogP) is 3.31. The van der Waals surface area contributed by atoms with Crippen LogP contribution in [-0.4, -0.2) is 25.4 Å². The molecule has 0 saturated carbocycles. The topological polar surface area (TPSA) is 72.7 Å². The number of hydrogen-bond donors (Lipinski definition) is 1. The van der Waals surface area contributed by atoms with Crippen LogP contribution in [0.3, 0.4) is 0 Å². The number of aromatic nitrogens is 4. The number of anilines is 1. The summed E-state index contributed by atoms with van der Waals surface area (Å²) in [7, 11) is 0. The molecule has 0 atom stereocenters. The first-order chi connectivity index (χ1) is 12.7. The molecule has 128 valence electrons. The van der Waals surface area contributed by atoms with Crippen molar-refractivity contribution in [3.8, 4) is 5.95 Å². The molecule has 0 radical (unpaired) electrons. The molecule has 1 amide bonds. The molecule has 2 aromatic carbocycles. The van der Waals surface area contributed by atoms with E-state index in [0.29, 0.717) is 18.1 Å². The molecular formula is C20H17N5O. The molecule has 0 fully saturated rings. The van der Waals surface area contributed by atoms with Crippen LogP contribution in [0.2, 0.25) is 0 Å². The van der Waals surface area contributed by atoms with Gasteiger partial charge in [-0.05, 0) is 23.3 Å². The number of amides is 1.